The largest absolute Gasteiger partial charge is 0.493 e. The Balaban J connectivity index is 2.49. The zero-order valence-electron chi connectivity index (χ0n) is 16.1. The quantitative estimate of drug-likeness (QED) is 0.474. The van der Waals surface area contributed by atoms with E-state index in [1.807, 2.05) is 39.8 Å². The Morgan fingerprint density at radius 3 is 2.67 bits per heavy atom. The van der Waals surface area contributed by atoms with E-state index in [1.54, 1.807) is 7.11 Å². The Morgan fingerprint density at radius 1 is 1.37 bits per heavy atom. The standard InChI is InChI=1S/C19H25BrN2O4S/c1-6-7-25-17-13(20)8-12(9-14(17)24-5)16-15(18(23)26-10(2)3)11(4)21-19(27)22-16/h8-10,16H,6-7H2,1-5H3,(H2,21,22,27). The first-order chi connectivity index (χ1) is 12.8. The van der Waals surface area contributed by atoms with Crippen molar-refractivity contribution in [2.24, 2.45) is 0 Å². The monoisotopic (exact) mass is 456 g/mol. The van der Waals surface area contributed by atoms with Crippen molar-refractivity contribution in [2.45, 2.75) is 46.3 Å². The summed E-state index contributed by atoms with van der Waals surface area (Å²) in [6.07, 6.45) is 0.660. The van der Waals surface area contributed by atoms with Crippen LogP contribution >= 0.6 is 28.1 Å². The maximum atomic E-state index is 12.7. The van der Waals surface area contributed by atoms with Crippen LogP contribution in [0.15, 0.2) is 27.9 Å². The third-order valence-electron chi connectivity index (χ3n) is 3.87. The van der Waals surface area contributed by atoms with Gasteiger partial charge in [0.1, 0.15) is 0 Å². The first kappa shape index (κ1) is 21.5. The minimum atomic E-state index is -0.463. The summed E-state index contributed by atoms with van der Waals surface area (Å²) < 4.78 is 17.5. The molecule has 27 heavy (non-hydrogen) atoms. The van der Waals surface area contributed by atoms with Gasteiger partial charge in [0.25, 0.3) is 0 Å². The van der Waals surface area contributed by atoms with Crippen LogP contribution in [0.3, 0.4) is 0 Å². The van der Waals surface area contributed by atoms with Crippen LogP contribution in [0.1, 0.15) is 45.7 Å². The lowest BCUT2D eigenvalue weighted by atomic mass is 9.95. The molecule has 0 aliphatic carbocycles. The smallest absolute Gasteiger partial charge is 0.338 e. The molecule has 0 spiro atoms. The molecule has 0 radical (unpaired) electrons. The zero-order chi connectivity index (χ0) is 20.1. The summed E-state index contributed by atoms with van der Waals surface area (Å²) in [7, 11) is 1.58. The zero-order valence-corrected chi connectivity index (χ0v) is 18.5. The van der Waals surface area contributed by atoms with Crippen LogP contribution in [0.5, 0.6) is 11.5 Å². The molecule has 0 aromatic heterocycles. The first-order valence-corrected chi connectivity index (χ1v) is 9.98. The molecule has 0 bridgehead atoms. The molecule has 1 aromatic rings. The number of hydrogen-bond acceptors (Lipinski definition) is 5. The molecule has 1 aliphatic heterocycles. The number of methoxy groups -OCH3 is 1. The number of esters is 1. The van der Waals surface area contributed by atoms with Crippen molar-refractivity contribution in [3.8, 4) is 11.5 Å². The highest BCUT2D eigenvalue weighted by atomic mass is 79.9. The molecular formula is C19H25BrN2O4S. The van der Waals surface area contributed by atoms with E-state index in [4.69, 9.17) is 26.4 Å². The lowest BCUT2D eigenvalue weighted by molar-refractivity contribution is -0.143. The van der Waals surface area contributed by atoms with E-state index < -0.39 is 12.0 Å². The van der Waals surface area contributed by atoms with Gasteiger partial charge in [-0.05, 0) is 73.0 Å². The van der Waals surface area contributed by atoms with Crippen LogP contribution in [0, 0.1) is 0 Å². The van der Waals surface area contributed by atoms with Gasteiger partial charge >= 0.3 is 5.97 Å². The van der Waals surface area contributed by atoms with E-state index in [2.05, 4.69) is 26.6 Å². The summed E-state index contributed by atoms with van der Waals surface area (Å²) in [5.74, 6) is 0.816. The van der Waals surface area contributed by atoms with Crippen LogP contribution < -0.4 is 20.1 Å². The van der Waals surface area contributed by atoms with E-state index in [1.165, 1.54) is 0 Å². The van der Waals surface area contributed by atoms with Crippen LogP contribution in [0.4, 0.5) is 0 Å². The molecule has 1 atom stereocenters. The molecule has 1 aliphatic rings. The van der Waals surface area contributed by atoms with Crippen LogP contribution in [0.2, 0.25) is 0 Å². The number of benzene rings is 1. The molecular weight excluding hydrogens is 432 g/mol. The molecule has 0 fully saturated rings. The summed E-state index contributed by atoms with van der Waals surface area (Å²) in [6.45, 7) is 8.05. The minimum Gasteiger partial charge on any atom is -0.493 e. The first-order valence-electron chi connectivity index (χ1n) is 8.77. The number of nitrogens with one attached hydrogen (secondary N) is 2. The molecule has 1 unspecified atom stereocenters. The molecule has 2 rings (SSSR count). The molecule has 0 saturated heterocycles. The van der Waals surface area contributed by atoms with Crippen molar-refractivity contribution in [2.75, 3.05) is 13.7 Å². The fourth-order valence-electron chi connectivity index (χ4n) is 2.74. The van der Waals surface area contributed by atoms with Crippen molar-refractivity contribution < 1.29 is 19.0 Å². The van der Waals surface area contributed by atoms with E-state index in [0.29, 0.717) is 34.5 Å². The average Bonchev–Trinajstić information content (AvgIpc) is 2.58. The summed E-state index contributed by atoms with van der Waals surface area (Å²) in [4.78, 5) is 12.7. The van der Waals surface area contributed by atoms with E-state index in [9.17, 15) is 4.79 Å². The normalized spacial score (nSPS) is 16.7. The van der Waals surface area contributed by atoms with E-state index in [0.717, 1.165) is 16.5 Å². The van der Waals surface area contributed by atoms with Gasteiger partial charge in [0.15, 0.2) is 16.6 Å². The van der Waals surface area contributed by atoms with Crippen molar-refractivity contribution in [1.82, 2.24) is 10.6 Å². The topological polar surface area (TPSA) is 68.8 Å². The Bertz CT molecular complexity index is 764. The van der Waals surface area contributed by atoms with Gasteiger partial charge in [-0.2, -0.15) is 0 Å². The van der Waals surface area contributed by atoms with Crippen molar-refractivity contribution in [1.29, 1.82) is 0 Å². The number of ether oxygens (including phenoxy) is 3. The number of allylic oxidation sites excluding steroid dienone is 1. The van der Waals surface area contributed by atoms with E-state index >= 15 is 0 Å². The van der Waals surface area contributed by atoms with Gasteiger partial charge in [0.05, 0.1) is 35.9 Å². The molecule has 0 saturated carbocycles. The number of carbonyl (C=O) groups excluding carboxylic acids is 1. The average molecular weight is 457 g/mol. The second-order valence-electron chi connectivity index (χ2n) is 6.41. The summed E-state index contributed by atoms with van der Waals surface area (Å²) in [5, 5.41) is 6.59. The van der Waals surface area contributed by atoms with Gasteiger partial charge in [-0.3, -0.25) is 0 Å². The third kappa shape index (κ3) is 5.13. The Morgan fingerprint density at radius 2 is 2.07 bits per heavy atom. The fourth-order valence-corrected chi connectivity index (χ4v) is 3.59. The predicted octanol–water partition coefficient (Wildman–Crippen LogP) is 3.99. The number of carbonyl (C=O) groups is 1. The number of rotatable bonds is 7. The number of halogens is 1. The summed E-state index contributed by atoms with van der Waals surface area (Å²) >= 11 is 8.84. The summed E-state index contributed by atoms with van der Waals surface area (Å²) in [6, 6.07) is 3.28. The number of hydrogen-bond donors (Lipinski definition) is 2. The fraction of sp³-hybridized carbons (Fsp3) is 0.474. The molecule has 8 heteroatoms. The van der Waals surface area contributed by atoms with Gasteiger partial charge in [-0.25, -0.2) is 4.79 Å². The van der Waals surface area contributed by atoms with Gasteiger partial charge < -0.3 is 24.8 Å². The predicted molar refractivity (Wildman–Crippen MR) is 112 cm³/mol. The molecule has 0 amide bonds. The molecule has 6 nitrogen and oxygen atoms in total. The third-order valence-corrected chi connectivity index (χ3v) is 4.68. The van der Waals surface area contributed by atoms with Crippen molar-refractivity contribution in [3.63, 3.8) is 0 Å². The van der Waals surface area contributed by atoms with Gasteiger partial charge in [0, 0.05) is 5.70 Å². The molecule has 148 valence electrons. The van der Waals surface area contributed by atoms with Crippen LogP contribution in [-0.4, -0.2) is 30.9 Å². The van der Waals surface area contributed by atoms with E-state index in [-0.39, 0.29) is 6.10 Å². The van der Waals surface area contributed by atoms with Crippen molar-refractivity contribution in [3.05, 3.63) is 33.4 Å². The van der Waals surface area contributed by atoms with Gasteiger partial charge in [-0.15, -0.1) is 0 Å². The summed E-state index contributed by atoms with van der Waals surface area (Å²) in [5.41, 5.74) is 1.95. The highest BCUT2D eigenvalue weighted by molar-refractivity contribution is 9.10. The molecule has 1 aromatic carbocycles. The SMILES string of the molecule is CCCOc1c(Br)cc(C2NC(=S)NC(C)=C2C(=O)OC(C)C)cc1OC. The minimum absolute atomic E-state index is 0.224. The van der Waals surface area contributed by atoms with Crippen LogP contribution in [-0.2, 0) is 9.53 Å². The molecule has 1 heterocycles. The van der Waals surface area contributed by atoms with Gasteiger partial charge in [-0.1, -0.05) is 6.92 Å². The number of thiocarbonyl (C=S) groups is 1. The maximum absolute atomic E-state index is 12.7. The Kier molecular flexibility index (Phi) is 7.49. The van der Waals surface area contributed by atoms with Crippen LogP contribution in [0.25, 0.3) is 0 Å². The lowest BCUT2D eigenvalue weighted by Gasteiger charge is -2.30. The second-order valence-corrected chi connectivity index (χ2v) is 7.67. The lowest BCUT2D eigenvalue weighted by Crippen LogP contribution is -2.45. The highest BCUT2D eigenvalue weighted by Gasteiger charge is 2.32. The Hall–Kier alpha value is -1.80. The second kappa shape index (κ2) is 9.41. The molecule has 2 N–H and O–H groups in total. The van der Waals surface area contributed by atoms with Gasteiger partial charge in [0.2, 0.25) is 0 Å². The highest BCUT2D eigenvalue weighted by Crippen LogP contribution is 2.40. The maximum Gasteiger partial charge on any atom is 0.338 e. The Labute approximate surface area is 173 Å². The van der Waals surface area contributed by atoms with Crippen molar-refractivity contribution >= 4 is 39.2 Å².